The number of hydrogen-bond donors (Lipinski definition) is 0. The highest BCUT2D eigenvalue weighted by Gasteiger charge is 2.29. The van der Waals surface area contributed by atoms with Crippen LogP contribution in [0.25, 0.3) is 5.69 Å². The van der Waals surface area contributed by atoms with E-state index in [1.807, 2.05) is 4.90 Å². The van der Waals surface area contributed by atoms with Crippen molar-refractivity contribution in [2.45, 2.75) is 32.6 Å². The van der Waals surface area contributed by atoms with Crippen LogP contribution in [0.5, 0.6) is 5.75 Å². The molecule has 0 radical (unpaired) electrons. The van der Waals surface area contributed by atoms with Gasteiger partial charge in [-0.05, 0) is 67.1 Å². The number of halogens is 1. The Morgan fingerprint density at radius 3 is 2.73 bits per heavy atom. The van der Waals surface area contributed by atoms with Crippen LogP contribution in [0.4, 0.5) is 0 Å². The summed E-state index contributed by atoms with van der Waals surface area (Å²) in [4.78, 5) is 17.9. The summed E-state index contributed by atoms with van der Waals surface area (Å²) < 4.78 is 6.97. The molecule has 0 bridgehead atoms. The van der Waals surface area contributed by atoms with Gasteiger partial charge in [-0.15, -0.1) is 5.10 Å². The van der Waals surface area contributed by atoms with Gasteiger partial charge in [0.25, 0.3) is 5.91 Å². The molecule has 0 spiro atoms. The molecule has 4 rings (SSSR count). The number of carbonyl (C=O) groups excluding carboxylic acids is 1. The molecule has 1 aromatic heterocycles. The zero-order valence-electron chi connectivity index (χ0n) is 17.6. The maximum absolute atomic E-state index is 13.3. The lowest BCUT2D eigenvalue weighted by Gasteiger charge is -2.38. The molecule has 1 aromatic carbocycles. The van der Waals surface area contributed by atoms with E-state index in [0.29, 0.717) is 27.9 Å². The van der Waals surface area contributed by atoms with Crippen molar-refractivity contribution >= 4 is 17.5 Å². The second-order valence-corrected chi connectivity index (χ2v) is 8.91. The van der Waals surface area contributed by atoms with E-state index in [0.717, 1.165) is 32.0 Å². The average molecular weight is 433 g/mol. The molecule has 0 aliphatic carbocycles. The fourth-order valence-electron chi connectivity index (χ4n) is 4.50. The summed E-state index contributed by atoms with van der Waals surface area (Å²) in [7, 11) is 1.56. The van der Waals surface area contributed by atoms with Crippen LogP contribution in [0.15, 0.2) is 18.5 Å². The van der Waals surface area contributed by atoms with Gasteiger partial charge in [-0.2, -0.15) is 4.68 Å². The third-order valence-electron chi connectivity index (χ3n) is 6.29. The van der Waals surface area contributed by atoms with E-state index in [-0.39, 0.29) is 5.91 Å². The van der Waals surface area contributed by atoms with Gasteiger partial charge in [0.2, 0.25) is 0 Å². The topological polar surface area (TPSA) is 76.4 Å². The molecule has 30 heavy (non-hydrogen) atoms. The fourth-order valence-corrected chi connectivity index (χ4v) is 4.75. The number of benzene rings is 1. The SMILES string of the molecule is COc1cc(-n2cnnn2)c(Cl)cc1C(=O)N1CCCC(CN2CCC(C)CC2)C1. The third kappa shape index (κ3) is 4.59. The maximum Gasteiger partial charge on any atom is 0.257 e. The largest absolute Gasteiger partial charge is 0.496 e. The molecule has 0 N–H and O–H groups in total. The van der Waals surface area contributed by atoms with Crippen LogP contribution in [0.1, 0.15) is 43.0 Å². The molecule has 2 aromatic rings. The van der Waals surface area contributed by atoms with Crippen molar-refractivity contribution < 1.29 is 9.53 Å². The Kier molecular flexibility index (Phi) is 6.53. The number of piperidine rings is 2. The fraction of sp³-hybridized carbons (Fsp3) is 0.619. The van der Waals surface area contributed by atoms with Gasteiger partial charge in [-0.3, -0.25) is 4.79 Å². The monoisotopic (exact) mass is 432 g/mol. The van der Waals surface area contributed by atoms with Crippen molar-refractivity contribution in [3.8, 4) is 11.4 Å². The van der Waals surface area contributed by atoms with Gasteiger partial charge in [0.05, 0.1) is 23.4 Å². The minimum absolute atomic E-state index is 0.0334. The average Bonchev–Trinajstić information content (AvgIpc) is 3.29. The van der Waals surface area contributed by atoms with Crippen molar-refractivity contribution in [2.24, 2.45) is 11.8 Å². The van der Waals surface area contributed by atoms with Gasteiger partial charge < -0.3 is 14.5 Å². The van der Waals surface area contributed by atoms with E-state index in [1.165, 1.54) is 43.4 Å². The molecule has 9 heteroatoms. The standard InChI is InChI=1S/C21H29ClN6O2/c1-15-5-8-26(9-6-15)12-16-4-3-7-27(13-16)21(29)17-10-18(22)19(11-20(17)30-2)28-14-23-24-25-28/h10-11,14-16H,3-9,12-13H2,1-2H3. The van der Waals surface area contributed by atoms with E-state index in [9.17, 15) is 4.79 Å². The van der Waals surface area contributed by atoms with Crippen LogP contribution in [-0.4, -0.2) is 75.7 Å². The molecule has 2 aliphatic heterocycles. The van der Waals surface area contributed by atoms with Gasteiger partial charge in [-0.25, -0.2) is 0 Å². The van der Waals surface area contributed by atoms with Crippen LogP contribution in [-0.2, 0) is 0 Å². The molecule has 162 valence electrons. The van der Waals surface area contributed by atoms with Gasteiger partial charge in [0.1, 0.15) is 12.1 Å². The van der Waals surface area contributed by atoms with E-state index in [2.05, 4.69) is 27.3 Å². The number of rotatable bonds is 5. The highest BCUT2D eigenvalue weighted by atomic mass is 35.5. The van der Waals surface area contributed by atoms with E-state index >= 15 is 0 Å². The van der Waals surface area contributed by atoms with Gasteiger partial charge >= 0.3 is 0 Å². The number of aromatic nitrogens is 4. The summed E-state index contributed by atoms with van der Waals surface area (Å²) >= 11 is 6.45. The smallest absolute Gasteiger partial charge is 0.257 e. The second kappa shape index (κ2) is 9.31. The normalized spacial score (nSPS) is 21.0. The molecule has 1 atom stereocenters. The van der Waals surface area contributed by atoms with E-state index < -0.39 is 0 Å². The first-order chi connectivity index (χ1) is 14.5. The van der Waals surface area contributed by atoms with Crippen molar-refractivity contribution in [2.75, 3.05) is 39.8 Å². The van der Waals surface area contributed by atoms with Gasteiger partial charge in [0.15, 0.2) is 0 Å². The molecule has 3 heterocycles. The quantitative estimate of drug-likeness (QED) is 0.723. The lowest BCUT2D eigenvalue weighted by molar-refractivity contribution is 0.0619. The second-order valence-electron chi connectivity index (χ2n) is 8.50. The first kappa shape index (κ1) is 21.1. The number of tetrazole rings is 1. The highest BCUT2D eigenvalue weighted by Crippen LogP contribution is 2.31. The number of likely N-dealkylation sites (tertiary alicyclic amines) is 2. The lowest BCUT2D eigenvalue weighted by Crippen LogP contribution is -2.45. The molecule has 0 saturated carbocycles. The minimum Gasteiger partial charge on any atom is -0.496 e. The van der Waals surface area contributed by atoms with Crippen LogP contribution >= 0.6 is 11.6 Å². The molecule has 1 unspecified atom stereocenters. The zero-order chi connectivity index (χ0) is 21.1. The Morgan fingerprint density at radius 2 is 2.03 bits per heavy atom. The van der Waals surface area contributed by atoms with Gasteiger partial charge in [0, 0.05) is 25.7 Å². The third-order valence-corrected chi connectivity index (χ3v) is 6.60. The van der Waals surface area contributed by atoms with E-state index in [4.69, 9.17) is 16.3 Å². The van der Waals surface area contributed by atoms with E-state index in [1.54, 1.807) is 19.2 Å². The van der Waals surface area contributed by atoms with Crippen LogP contribution < -0.4 is 4.74 Å². The Labute approximate surface area is 182 Å². The Morgan fingerprint density at radius 1 is 1.23 bits per heavy atom. The lowest BCUT2D eigenvalue weighted by atomic mass is 9.94. The Bertz CT molecular complexity index is 867. The Balaban J connectivity index is 1.47. The summed E-state index contributed by atoms with van der Waals surface area (Å²) in [5, 5.41) is 11.6. The summed E-state index contributed by atoms with van der Waals surface area (Å²) in [6.07, 6.45) is 6.21. The molecule has 2 fully saturated rings. The van der Waals surface area contributed by atoms with Gasteiger partial charge in [-0.1, -0.05) is 18.5 Å². The minimum atomic E-state index is -0.0334. The van der Waals surface area contributed by atoms with Crippen molar-refractivity contribution in [1.82, 2.24) is 30.0 Å². The molecule has 8 nitrogen and oxygen atoms in total. The molecule has 1 amide bonds. The Hall–Kier alpha value is -2.19. The van der Waals surface area contributed by atoms with Crippen LogP contribution in [0, 0.1) is 11.8 Å². The number of nitrogens with zero attached hydrogens (tertiary/aromatic N) is 6. The highest BCUT2D eigenvalue weighted by molar-refractivity contribution is 6.33. The summed E-state index contributed by atoms with van der Waals surface area (Å²) in [6, 6.07) is 3.37. The number of carbonyl (C=O) groups is 1. The zero-order valence-corrected chi connectivity index (χ0v) is 18.4. The van der Waals surface area contributed by atoms with Crippen molar-refractivity contribution in [3.05, 3.63) is 29.0 Å². The molecule has 2 saturated heterocycles. The summed E-state index contributed by atoms with van der Waals surface area (Å²) in [5.41, 5.74) is 1.05. The van der Waals surface area contributed by atoms with Crippen molar-refractivity contribution in [3.63, 3.8) is 0 Å². The first-order valence-electron chi connectivity index (χ1n) is 10.7. The van der Waals surface area contributed by atoms with Crippen molar-refractivity contribution in [1.29, 1.82) is 0 Å². The van der Waals surface area contributed by atoms with Crippen LogP contribution in [0.2, 0.25) is 5.02 Å². The molecule has 2 aliphatic rings. The predicted molar refractivity (Wildman–Crippen MR) is 114 cm³/mol. The number of hydrogen-bond acceptors (Lipinski definition) is 6. The summed E-state index contributed by atoms with van der Waals surface area (Å²) in [6.45, 7) is 7.30. The number of ether oxygens (including phenoxy) is 1. The molecular formula is C21H29ClN6O2. The number of amides is 1. The first-order valence-corrected chi connectivity index (χ1v) is 11.1. The predicted octanol–water partition coefficient (Wildman–Crippen LogP) is 2.91. The maximum atomic E-state index is 13.3. The summed E-state index contributed by atoms with van der Waals surface area (Å²) in [5.74, 6) is 1.79. The van der Waals surface area contributed by atoms with Crippen LogP contribution in [0.3, 0.4) is 0 Å². The molecular weight excluding hydrogens is 404 g/mol. The number of methoxy groups -OCH3 is 1.